The lowest BCUT2D eigenvalue weighted by atomic mass is 10.1. The average molecular weight is 166 g/mol. The molecule has 0 aliphatic heterocycles. The van der Waals surface area contributed by atoms with Gasteiger partial charge in [-0.25, -0.2) is 8.57 Å². The summed E-state index contributed by atoms with van der Waals surface area (Å²) in [4.78, 5) is 0. The van der Waals surface area contributed by atoms with Crippen molar-refractivity contribution in [2.45, 2.75) is 12.3 Å². The van der Waals surface area contributed by atoms with Crippen LogP contribution in [0, 0.1) is 0 Å². The molecular weight excluding hydrogens is 159 g/mol. The summed E-state index contributed by atoms with van der Waals surface area (Å²) in [5, 5.41) is 0. The van der Waals surface area contributed by atoms with Gasteiger partial charge in [0.2, 0.25) is 5.85 Å². The molecule has 0 saturated carbocycles. The summed E-state index contributed by atoms with van der Waals surface area (Å²) < 4.78 is 37.5. The van der Waals surface area contributed by atoms with E-state index in [1.54, 1.807) is 0 Å². The fraction of sp³-hybridized carbons (Fsp3) is 0.600. The smallest absolute Gasteiger partial charge is 0.226 e. The van der Waals surface area contributed by atoms with Gasteiger partial charge in [-0.3, -0.25) is 0 Å². The summed E-state index contributed by atoms with van der Waals surface area (Å²) in [5.74, 6) is -2.06. The van der Waals surface area contributed by atoms with Gasteiger partial charge < -0.3 is 0 Å². The van der Waals surface area contributed by atoms with Crippen molar-refractivity contribution in [2.24, 2.45) is 0 Å². The lowest BCUT2D eigenvalue weighted by molar-refractivity contribution is -0.0203. The van der Waals surface area contributed by atoms with Gasteiger partial charge in [0.05, 0.1) is 6.26 Å². The van der Waals surface area contributed by atoms with Gasteiger partial charge in [0.25, 0.3) is 10.1 Å². The Kier molecular flexibility index (Phi) is 1.56. The summed E-state index contributed by atoms with van der Waals surface area (Å²) in [6.07, 6.45) is 3.42. The van der Waals surface area contributed by atoms with Crippen LogP contribution >= 0.6 is 0 Å². The third-order valence-electron chi connectivity index (χ3n) is 1.05. The molecular formula is C5H7FO3S. The van der Waals surface area contributed by atoms with Crippen LogP contribution in [0.25, 0.3) is 0 Å². The molecule has 10 heavy (non-hydrogen) atoms. The van der Waals surface area contributed by atoms with Crippen molar-refractivity contribution in [1.82, 2.24) is 0 Å². The second kappa shape index (κ2) is 2.03. The van der Waals surface area contributed by atoms with E-state index in [1.165, 1.54) is 6.08 Å². The zero-order chi connectivity index (χ0) is 7.83. The highest BCUT2D eigenvalue weighted by Crippen LogP contribution is 2.30. The van der Waals surface area contributed by atoms with Crippen molar-refractivity contribution in [2.75, 3.05) is 6.26 Å². The molecule has 0 aromatic carbocycles. The summed E-state index contributed by atoms with van der Waals surface area (Å²) in [6.45, 7) is 0. The molecule has 1 aliphatic carbocycles. The van der Waals surface area contributed by atoms with Crippen LogP contribution in [0.3, 0.4) is 0 Å². The SMILES string of the molecule is CS(=O)(=O)OC1(F)C=CC1. The normalized spacial score (nSPS) is 31.8. The van der Waals surface area contributed by atoms with Crippen LogP contribution in [0.2, 0.25) is 0 Å². The minimum Gasteiger partial charge on any atom is -0.226 e. The third kappa shape index (κ3) is 1.78. The Morgan fingerprint density at radius 1 is 1.70 bits per heavy atom. The molecule has 0 amide bonds. The number of hydrogen-bond acceptors (Lipinski definition) is 3. The average Bonchev–Trinajstić information content (AvgIpc) is 1.57. The minimum absolute atomic E-state index is 0.0140. The summed E-state index contributed by atoms with van der Waals surface area (Å²) in [7, 11) is -3.67. The van der Waals surface area contributed by atoms with Crippen LogP contribution in [-0.4, -0.2) is 20.5 Å². The lowest BCUT2D eigenvalue weighted by Crippen LogP contribution is -2.31. The topological polar surface area (TPSA) is 43.4 Å². The fourth-order valence-electron chi connectivity index (χ4n) is 0.617. The fourth-order valence-corrected chi connectivity index (χ4v) is 1.24. The molecule has 0 bridgehead atoms. The minimum atomic E-state index is -3.67. The molecule has 3 nitrogen and oxygen atoms in total. The molecule has 0 heterocycles. The second-order valence-corrected chi connectivity index (χ2v) is 3.76. The van der Waals surface area contributed by atoms with Crippen molar-refractivity contribution in [3.63, 3.8) is 0 Å². The summed E-state index contributed by atoms with van der Waals surface area (Å²) in [6, 6.07) is 0. The van der Waals surface area contributed by atoms with E-state index in [0.717, 1.165) is 12.3 Å². The molecule has 58 valence electrons. The Labute approximate surface area is 58.6 Å². The molecule has 1 unspecified atom stereocenters. The van der Waals surface area contributed by atoms with Gasteiger partial charge >= 0.3 is 0 Å². The van der Waals surface area contributed by atoms with Crippen molar-refractivity contribution < 1.29 is 17.0 Å². The van der Waals surface area contributed by atoms with E-state index < -0.39 is 16.0 Å². The Bertz CT molecular complexity index is 256. The van der Waals surface area contributed by atoms with Gasteiger partial charge in [0.15, 0.2) is 0 Å². The van der Waals surface area contributed by atoms with Crippen LogP contribution in [0.15, 0.2) is 12.2 Å². The quantitative estimate of drug-likeness (QED) is 0.445. The van der Waals surface area contributed by atoms with E-state index in [0.29, 0.717) is 0 Å². The molecule has 0 N–H and O–H groups in total. The maximum absolute atomic E-state index is 12.7. The van der Waals surface area contributed by atoms with Gasteiger partial charge in [-0.15, -0.1) is 0 Å². The van der Waals surface area contributed by atoms with E-state index in [1.807, 2.05) is 0 Å². The first-order valence-corrected chi connectivity index (χ1v) is 4.50. The van der Waals surface area contributed by atoms with E-state index in [4.69, 9.17) is 0 Å². The van der Waals surface area contributed by atoms with E-state index >= 15 is 0 Å². The first-order chi connectivity index (χ1) is 4.41. The summed E-state index contributed by atoms with van der Waals surface area (Å²) in [5.41, 5.74) is 0. The molecule has 0 saturated heterocycles. The molecule has 0 aromatic rings. The monoisotopic (exact) mass is 166 g/mol. The van der Waals surface area contributed by atoms with Crippen molar-refractivity contribution in [3.05, 3.63) is 12.2 Å². The highest BCUT2D eigenvalue weighted by molar-refractivity contribution is 7.86. The predicted octanol–water partition coefficient (Wildman–Crippen LogP) is 0.588. The number of halogens is 1. The van der Waals surface area contributed by atoms with Crippen LogP contribution in [0.5, 0.6) is 0 Å². The Hall–Kier alpha value is -0.420. The van der Waals surface area contributed by atoms with E-state index in [9.17, 15) is 12.8 Å². The van der Waals surface area contributed by atoms with Gasteiger partial charge in [0, 0.05) is 6.42 Å². The highest BCUT2D eigenvalue weighted by Gasteiger charge is 2.35. The maximum Gasteiger partial charge on any atom is 0.267 e. The third-order valence-corrected chi connectivity index (χ3v) is 1.63. The maximum atomic E-state index is 12.7. The predicted molar refractivity (Wildman–Crippen MR) is 33.5 cm³/mol. The first-order valence-electron chi connectivity index (χ1n) is 2.69. The van der Waals surface area contributed by atoms with E-state index in [2.05, 4.69) is 4.18 Å². The Morgan fingerprint density at radius 2 is 2.20 bits per heavy atom. The van der Waals surface area contributed by atoms with Gasteiger partial charge in [-0.2, -0.15) is 8.42 Å². The molecule has 0 fully saturated rings. The standard InChI is InChI=1S/C5H7FO3S/c1-10(7,8)9-5(6)3-2-4-5/h2-3H,4H2,1H3. The zero-order valence-electron chi connectivity index (χ0n) is 5.37. The molecule has 0 radical (unpaired) electrons. The van der Waals surface area contributed by atoms with Gasteiger partial charge in [-0.05, 0) is 6.08 Å². The molecule has 1 atom stereocenters. The number of hydrogen-bond donors (Lipinski definition) is 0. The largest absolute Gasteiger partial charge is 0.267 e. The van der Waals surface area contributed by atoms with Crippen LogP contribution in [-0.2, 0) is 14.3 Å². The van der Waals surface area contributed by atoms with Crippen LogP contribution in [0.4, 0.5) is 4.39 Å². The Balaban J connectivity index is 2.63. The molecule has 5 heteroatoms. The van der Waals surface area contributed by atoms with Crippen LogP contribution in [0.1, 0.15) is 6.42 Å². The van der Waals surface area contributed by atoms with Gasteiger partial charge in [-0.1, -0.05) is 6.08 Å². The van der Waals surface area contributed by atoms with Crippen molar-refractivity contribution in [3.8, 4) is 0 Å². The molecule has 1 rings (SSSR count). The summed E-state index contributed by atoms with van der Waals surface area (Å²) >= 11 is 0. The van der Waals surface area contributed by atoms with Crippen molar-refractivity contribution >= 4 is 10.1 Å². The molecule has 1 aliphatic rings. The second-order valence-electron chi connectivity index (χ2n) is 2.18. The number of rotatable bonds is 2. The number of alkyl halides is 1. The lowest BCUT2D eigenvalue weighted by Gasteiger charge is -2.24. The van der Waals surface area contributed by atoms with Gasteiger partial charge in [0.1, 0.15) is 0 Å². The zero-order valence-corrected chi connectivity index (χ0v) is 6.19. The highest BCUT2D eigenvalue weighted by atomic mass is 32.2. The van der Waals surface area contributed by atoms with Crippen molar-refractivity contribution in [1.29, 1.82) is 0 Å². The molecule has 0 spiro atoms. The first kappa shape index (κ1) is 7.68. The Morgan fingerprint density at radius 3 is 2.30 bits per heavy atom. The van der Waals surface area contributed by atoms with Crippen LogP contribution < -0.4 is 0 Å². The molecule has 0 aromatic heterocycles. The van der Waals surface area contributed by atoms with E-state index in [-0.39, 0.29) is 6.42 Å².